The Balaban J connectivity index is 1.66. The number of aryl methyl sites for hydroxylation is 1. The third-order valence-corrected chi connectivity index (χ3v) is 4.92. The van der Waals surface area contributed by atoms with Crippen molar-refractivity contribution in [3.8, 4) is 0 Å². The van der Waals surface area contributed by atoms with Crippen LogP contribution in [-0.2, 0) is 18.4 Å². The summed E-state index contributed by atoms with van der Waals surface area (Å²) in [5.41, 5.74) is 0.515. The average molecular weight is 304 g/mol. The fourth-order valence-electron chi connectivity index (χ4n) is 2.47. The van der Waals surface area contributed by atoms with Crippen molar-refractivity contribution in [1.82, 2.24) is 19.9 Å². The van der Waals surface area contributed by atoms with Crippen molar-refractivity contribution < 1.29 is 4.79 Å². The van der Waals surface area contributed by atoms with Gasteiger partial charge in [-0.15, -0.1) is 11.3 Å². The number of aromatic nitrogens is 3. The van der Waals surface area contributed by atoms with Gasteiger partial charge in [-0.05, 0) is 6.42 Å². The molecule has 0 fully saturated rings. The standard InChI is InChI=1S/C15H20N4OS/c1-15(2,3)14-18-11(9-21-14)13(20)17-10-4-5-12-16-6-7-19(12)8-10/h6-7,9-10H,4-5,8H2,1-3H3,(H,17,20)/t10-/m1/s1. The van der Waals surface area contributed by atoms with E-state index in [0.717, 1.165) is 30.2 Å². The molecule has 21 heavy (non-hydrogen) atoms. The van der Waals surface area contributed by atoms with Crippen LogP contribution in [0.2, 0.25) is 0 Å². The molecule has 1 atom stereocenters. The first kappa shape index (κ1) is 14.3. The van der Waals surface area contributed by atoms with Gasteiger partial charge < -0.3 is 9.88 Å². The predicted octanol–water partition coefficient (Wildman–Crippen LogP) is 2.38. The second kappa shape index (κ2) is 5.26. The molecule has 0 aromatic carbocycles. The highest BCUT2D eigenvalue weighted by Crippen LogP contribution is 2.25. The lowest BCUT2D eigenvalue weighted by atomic mass is 9.98. The lowest BCUT2D eigenvalue weighted by Crippen LogP contribution is -2.41. The van der Waals surface area contributed by atoms with Crippen LogP contribution in [0.5, 0.6) is 0 Å². The maximum atomic E-state index is 12.3. The zero-order valence-corrected chi connectivity index (χ0v) is 13.4. The molecule has 3 rings (SSSR count). The number of nitrogens with one attached hydrogen (secondary N) is 1. The minimum atomic E-state index is -0.0738. The topological polar surface area (TPSA) is 59.8 Å². The first-order valence-corrected chi connectivity index (χ1v) is 8.08. The van der Waals surface area contributed by atoms with Gasteiger partial charge in [0.1, 0.15) is 11.5 Å². The van der Waals surface area contributed by atoms with Crippen molar-refractivity contribution in [2.75, 3.05) is 0 Å². The molecule has 1 amide bonds. The van der Waals surface area contributed by atoms with Gasteiger partial charge in [0.15, 0.2) is 0 Å². The van der Waals surface area contributed by atoms with Crippen LogP contribution >= 0.6 is 11.3 Å². The molecule has 1 aliphatic rings. The fourth-order valence-corrected chi connectivity index (χ4v) is 3.35. The van der Waals surface area contributed by atoms with Gasteiger partial charge in [-0.25, -0.2) is 9.97 Å². The van der Waals surface area contributed by atoms with Crippen molar-refractivity contribution in [3.05, 3.63) is 34.3 Å². The molecule has 0 aliphatic carbocycles. The summed E-state index contributed by atoms with van der Waals surface area (Å²) in [6.45, 7) is 7.11. The molecule has 1 aliphatic heterocycles. The van der Waals surface area contributed by atoms with Crippen LogP contribution in [0, 0.1) is 0 Å². The third kappa shape index (κ3) is 3.00. The minimum absolute atomic E-state index is 0.0141. The number of fused-ring (bicyclic) bond motifs is 1. The maximum Gasteiger partial charge on any atom is 0.271 e. The Bertz CT molecular complexity index is 653. The van der Waals surface area contributed by atoms with Gasteiger partial charge >= 0.3 is 0 Å². The van der Waals surface area contributed by atoms with Crippen LogP contribution < -0.4 is 5.32 Å². The van der Waals surface area contributed by atoms with E-state index in [1.165, 1.54) is 0 Å². The van der Waals surface area contributed by atoms with E-state index in [4.69, 9.17) is 0 Å². The molecular formula is C15H20N4OS. The molecule has 112 valence electrons. The lowest BCUT2D eigenvalue weighted by molar-refractivity contribution is 0.0923. The van der Waals surface area contributed by atoms with Crippen LogP contribution in [0.1, 0.15) is 48.5 Å². The normalized spacial score (nSPS) is 18.3. The zero-order chi connectivity index (χ0) is 15.0. The van der Waals surface area contributed by atoms with Gasteiger partial charge in [0.25, 0.3) is 5.91 Å². The van der Waals surface area contributed by atoms with Gasteiger partial charge in [-0.2, -0.15) is 0 Å². The predicted molar refractivity (Wildman–Crippen MR) is 82.6 cm³/mol. The van der Waals surface area contributed by atoms with E-state index in [0.29, 0.717) is 5.69 Å². The maximum absolute atomic E-state index is 12.3. The highest BCUT2D eigenvalue weighted by atomic mass is 32.1. The van der Waals surface area contributed by atoms with Gasteiger partial charge in [-0.1, -0.05) is 20.8 Å². The minimum Gasteiger partial charge on any atom is -0.346 e. The summed E-state index contributed by atoms with van der Waals surface area (Å²) in [4.78, 5) is 21.1. The van der Waals surface area contributed by atoms with E-state index in [1.807, 2.05) is 17.8 Å². The van der Waals surface area contributed by atoms with Crippen molar-refractivity contribution in [3.63, 3.8) is 0 Å². The second-order valence-electron chi connectivity index (χ2n) is 6.49. The van der Waals surface area contributed by atoms with Crippen molar-refractivity contribution in [2.45, 2.75) is 51.6 Å². The van der Waals surface area contributed by atoms with Crippen molar-refractivity contribution in [1.29, 1.82) is 0 Å². The number of hydrogen-bond donors (Lipinski definition) is 1. The van der Waals surface area contributed by atoms with Crippen LogP contribution in [-0.4, -0.2) is 26.5 Å². The molecule has 0 saturated carbocycles. The van der Waals surface area contributed by atoms with E-state index in [-0.39, 0.29) is 17.4 Å². The smallest absolute Gasteiger partial charge is 0.271 e. The Hall–Kier alpha value is -1.69. The number of amides is 1. The Morgan fingerprint density at radius 1 is 1.48 bits per heavy atom. The summed E-state index contributed by atoms with van der Waals surface area (Å²) < 4.78 is 2.11. The lowest BCUT2D eigenvalue weighted by Gasteiger charge is -2.24. The van der Waals surface area contributed by atoms with E-state index in [1.54, 1.807) is 11.3 Å². The van der Waals surface area contributed by atoms with Crippen molar-refractivity contribution >= 4 is 17.2 Å². The van der Waals surface area contributed by atoms with Gasteiger partial charge in [0, 0.05) is 42.2 Å². The molecule has 0 spiro atoms. The number of hydrogen-bond acceptors (Lipinski definition) is 4. The molecule has 2 aromatic heterocycles. The summed E-state index contributed by atoms with van der Waals surface area (Å²) in [6.07, 6.45) is 5.62. The summed E-state index contributed by atoms with van der Waals surface area (Å²) in [7, 11) is 0. The van der Waals surface area contributed by atoms with Crippen molar-refractivity contribution in [2.24, 2.45) is 0 Å². The number of carbonyl (C=O) groups excluding carboxylic acids is 1. The largest absolute Gasteiger partial charge is 0.346 e. The molecule has 6 heteroatoms. The Labute approximate surface area is 128 Å². The average Bonchev–Trinajstić information content (AvgIpc) is 3.06. The molecule has 2 aromatic rings. The Kier molecular flexibility index (Phi) is 3.57. The first-order chi connectivity index (χ1) is 9.93. The molecule has 0 unspecified atom stereocenters. The number of rotatable bonds is 2. The van der Waals surface area contributed by atoms with E-state index >= 15 is 0 Å². The third-order valence-electron chi connectivity index (χ3n) is 3.65. The molecule has 5 nitrogen and oxygen atoms in total. The molecule has 0 radical (unpaired) electrons. The molecular weight excluding hydrogens is 284 g/mol. The molecule has 0 bridgehead atoms. The SMILES string of the molecule is CC(C)(C)c1nc(C(=O)N[C@@H]2CCc3nccn3C2)cs1. The number of thiazole rings is 1. The van der Waals surface area contributed by atoms with Gasteiger partial charge in [0.05, 0.1) is 5.01 Å². The molecule has 0 saturated heterocycles. The summed E-state index contributed by atoms with van der Waals surface area (Å²) >= 11 is 1.55. The highest BCUT2D eigenvalue weighted by molar-refractivity contribution is 7.10. The molecule has 1 N–H and O–H groups in total. The van der Waals surface area contributed by atoms with Crippen LogP contribution in [0.15, 0.2) is 17.8 Å². The van der Waals surface area contributed by atoms with Crippen LogP contribution in [0.25, 0.3) is 0 Å². The van der Waals surface area contributed by atoms with E-state index < -0.39 is 0 Å². The Morgan fingerprint density at radius 2 is 2.29 bits per heavy atom. The summed E-state index contributed by atoms with van der Waals surface area (Å²) in [6, 6.07) is 0.152. The fraction of sp³-hybridized carbons (Fsp3) is 0.533. The number of nitrogens with zero attached hydrogens (tertiary/aromatic N) is 3. The Morgan fingerprint density at radius 3 is 3.00 bits per heavy atom. The zero-order valence-electron chi connectivity index (χ0n) is 12.6. The van der Waals surface area contributed by atoms with E-state index in [9.17, 15) is 4.79 Å². The van der Waals surface area contributed by atoms with Crippen LogP contribution in [0.4, 0.5) is 0 Å². The number of imidazole rings is 1. The van der Waals surface area contributed by atoms with Gasteiger partial charge in [-0.3, -0.25) is 4.79 Å². The number of carbonyl (C=O) groups is 1. The monoisotopic (exact) mass is 304 g/mol. The summed E-state index contributed by atoms with van der Waals surface area (Å²) in [5, 5.41) is 5.93. The quantitative estimate of drug-likeness (QED) is 0.926. The molecule has 3 heterocycles. The second-order valence-corrected chi connectivity index (χ2v) is 7.35. The van der Waals surface area contributed by atoms with Gasteiger partial charge in [0.2, 0.25) is 0 Å². The summed E-state index contributed by atoms with van der Waals surface area (Å²) in [5.74, 6) is 1.03. The highest BCUT2D eigenvalue weighted by Gasteiger charge is 2.24. The first-order valence-electron chi connectivity index (χ1n) is 7.20. The van der Waals surface area contributed by atoms with Crippen LogP contribution in [0.3, 0.4) is 0 Å². The van der Waals surface area contributed by atoms with E-state index in [2.05, 4.69) is 40.6 Å².